The molecule has 0 radical (unpaired) electrons. The first kappa shape index (κ1) is 15.0. The number of thioether (sulfide) groups is 1. The molecule has 116 valence electrons. The zero-order valence-electron chi connectivity index (χ0n) is 11.6. The maximum Gasteiger partial charge on any atom is 0.338 e. The Hall–Kier alpha value is -1.87. The monoisotopic (exact) mass is 340 g/mol. The first-order valence-electron chi connectivity index (χ1n) is 6.44. The third kappa shape index (κ3) is 2.86. The minimum absolute atomic E-state index is 0.0289. The van der Waals surface area contributed by atoms with E-state index in [1.165, 1.54) is 18.7 Å². The fourth-order valence-corrected chi connectivity index (χ4v) is 4.40. The number of rotatable bonds is 3. The van der Waals surface area contributed by atoms with Crippen LogP contribution in [-0.2, 0) is 19.6 Å². The second-order valence-corrected chi connectivity index (χ2v) is 7.64. The van der Waals surface area contributed by atoms with Gasteiger partial charge < -0.3 is 9.64 Å². The highest BCUT2D eigenvalue weighted by Gasteiger charge is 2.33. The molecule has 0 aromatic heterocycles. The smallest absolute Gasteiger partial charge is 0.338 e. The predicted molar refractivity (Wildman–Crippen MR) is 81.8 cm³/mol. The number of anilines is 1. The third-order valence-corrected chi connectivity index (χ3v) is 5.42. The van der Waals surface area contributed by atoms with Gasteiger partial charge in [-0.25, -0.2) is 13.2 Å². The van der Waals surface area contributed by atoms with Gasteiger partial charge in [-0.05, 0) is 36.9 Å². The van der Waals surface area contributed by atoms with Crippen molar-refractivity contribution in [3.8, 4) is 0 Å². The van der Waals surface area contributed by atoms with Crippen LogP contribution in [0.4, 0.5) is 5.69 Å². The van der Waals surface area contributed by atoms with Gasteiger partial charge >= 0.3 is 5.97 Å². The Labute approximate surface area is 131 Å². The van der Waals surface area contributed by atoms with Gasteiger partial charge in [0, 0.05) is 11.4 Å². The van der Waals surface area contributed by atoms with Crippen molar-refractivity contribution in [2.45, 2.75) is 11.8 Å². The summed E-state index contributed by atoms with van der Waals surface area (Å²) >= 11 is 1.20. The molecule has 0 bridgehead atoms. The third-order valence-electron chi connectivity index (χ3n) is 3.12. The Bertz CT molecular complexity index is 801. The number of fused-ring (bicyclic) bond motifs is 3. The topological polar surface area (TPSA) is 93.1 Å². The van der Waals surface area contributed by atoms with Gasteiger partial charge in [-0.1, -0.05) is 0 Å². The number of sulfonamides is 1. The van der Waals surface area contributed by atoms with E-state index < -0.39 is 16.0 Å². The molecule has 0 spiro atoms. The molecule has 0 aliphatic carbocycles. The zero-order valence-corrected chi connectivity index (χ0v) is 13.2. The van der Waals surface area contributed by atoms with Gasteiger partial charge in [-0.2, -0.15) is 0 Å². The van der Waals surface area contributed by atoms with Crippen LogP contribution in [0.1, 0.15) is 17.3 Å². The normalized spacial score (nSPS) is 18.2. The van der Waals surface area contributed by atoms with E-state index in [2.05, 4.69) is 4.40 Å². The molecule has 0 saturated heterocycles. The highest BCUT2D eigenvalue weighted by molar-refractivity contribution is 8.15. The molecule has 0 amide bonds. The van der Waals surface area contributed by atoms with Crippen LogP contribution in [0.5, 0.6) is 0 Å². The second-order valence-electron chi connectivity index (χ2n) is 4.87. The van der Waals surface area contributed by atoms with E-state index in [0.29, 0.717) is 17.3 Å². The maximum absolute atomic E-state index is 11.8. The summed E-state index contributed by atoms with van der Waals surface area (Å²) in [5.41, 5.74) is 1.14. The van der Waals surface area contributed by atoms with Gasteiger partial charge in [-0.15, -0.1) is 4.40 Å². The zero-order chi connectivity index (χ0) is 15.9. The summed E-state index contributed by atoms with van der Waals surface area (Å²) in [7, 11) is -3.40. The largest absolute Gasteiger partial charge is 0.454 e. The Morgan fingerprint density at radius 3 is 2.91 bits per heavy atom. The molecule has 1 aromatic rings. The van der Waals surface area contributed by atoms with Gasteiger partial charge in [0.25, 0.3) is 10.0 Å². The van der Waals surface area contributed by atoms with Crippen LogP contribution < -0.4 is 4.90 Å². The van der Waals surface area contributed by atoms with E-state index in [1.807, 2.05) is 4.90 Å². The molecule has 2 aliphatic rings. The molecule has 7 nitrogen and oxygen atoms in total. The summed E-state index contributed by atoms with van der Waals surface area (Å²) in [5, 5.41) is 0.399. The minimum Gasteiger partial charge on any atom is -0.454 e. The van der Waals surface area contributed by atoms with Crippen molar-refractivity contribution in [1.82, 2.24) is 0 Å². The highest BCUT2D eigenvalue weighted by atomic mass is 32.2. The summed E-state index contributed by atoms with van der Waals surface area (Å²) in [6.07, 6.45) is 0. The fourth-order valence-electron chi connectivity index (χ4n) is 2.11. The molecular formula is C13H12N2O5S2. The summed E-state index contributed by atoms with van der Waals surface area (Å²) in [6.45, 7) is 1.41. The van der Waals surface area contributed by atoms with Crippen LogP contribution in [-0.4, -0.2) is 44.2 Å². The lowest BCUT2D eigenvalue weighted by Crippen LogP contribution is -2.35. The van der Waals surface area contributed by atoms with E-state index in [0.717, 1.165) is 10.6 Å². The molecule has 0 N–H and O–H groups in total. The molecule has 0 unspecified atom stereocenters. The van der Waals surface area contributed by atoms with Gasteiger partial charge in [0.2, 0.25) is 0 Å². The van der Waals surface area contributed by atoms with Gasteiger partial charge in [0.15, 0.2) is 11.0 Å². The number of nitrogens with zero attached hydrogens (tertiary/aromatic N) is 2. The van der Waals surface area contributed by atoms with Crippen LogP contribution in [0.25, 0.3) is 0 Å². The summed E-state index contributed by atoms with van der Waals surface area (Å²) < 4.78 is 31.7. The van der Waals surface area contributed by atoms with E-state index in [4.69, 9.17) is 4.74 Å². The fraction of sp³-hybridized carbons (Fsp3) is 0.308. The molecule has 22 heavy (non-hydrogen) atoms. The Kier molecular flexibility index (Phi) is 3.69. The summed E-state index contributed by atoms with van der Waals surface area (Å²) in [5.74, 6) is -0.850. The van der Waals surface area contributed by atoms with Crippen LogP contribution in [0.3, 0.4) is 0 Å². The number of ketones is 1. The standard InChI is InChI=1S/C13H12N2O5S2/c1-8(16)7-20-12(17)9-2-3-10-11(6-9)21-13-14-22(18,19)5-4-15(10)13/h2-3,6H,4-5,7H2,1H3. The highest BCUT2D eigenvalue weighted by Crippen LogP contribution is 2.42. The molecule has 0 saturated carbocycles. The van der Waals surface area contributed by atoms with E-state index in [9.17, 15) is 18.0 Å². The SMILES string of the molecule is CC(=O)COC(=O)c1ccc2c(c1)SC1=NS(=O)(=O)CCN12. The van der Waals surface area contributed by atoms with Crippen molar-refractivity contribution in [3.63, 3.8) is 0 Å². The Morgan fingerprint density at radius 1 is 1.41 bits per heavy atom. The molecule has 3 rings (SSSR count). The van der Waals surface area contributed by atoms with Crippen molar-refractivity contribution in [2.24, 2.45) is 4.40 Å². The quantitative estimate of drug-likeness (QED) is 0.759. The number of ether oxygens (including phenoxy) is 1. The van der Waals surface area contributed by atoms with Gasteiger partial charge in [-0.3, -0.25) is 4.79 Å². The number of carbonyl (C=O) groups excluding carboxylic acids is 2. The van der Waals surface area contributed by atoms with Crippen molar-refractivity contribution in [3.05, 3.63) is 23.8 Å². The van der Waals surface area contributed by atoms with Crippen LogP contribution in [0, 0.1) is 0 Å². The lowest BCUT2D eigenvalue weighted by atomic mass is 10.2. The van der Waals surface area contributed by atoms with Crippen LogP contribution in [0.15, 0.2) is 27.5 Å². The van der Waals surface area contributed by atoms with Crippen LogP contribution in [0.2, 0.25) is 0 Å². The van der Waals surface area contributed by atoms with E-state index >= 15 is 0 Å². The van der Waals surface area contributed by atoms with E-state index in [-0.39, 0.29) is 18.1 Å². The predicted octanol–water partition coefficient (Wildman–Crippen LogP) is 1.04. The molecule has 2 aliphatic heterocycles. The van der Waals surface area contributed by atoms with Crippen molar-refractivity contribution < 1.29 is 22.7 Å². The lowest BCUT2D eigenvalue weighted by molar-refractivity contribution is -0.120. The number of carbonyl (C=O) groups is 2. The van der Waals surface area contributed by atoms with Gasteiger partial charge in [0.05, 0.1) is 17.0 Å². The Morgan fingerprint density at radius 2 is 2.18 bits per heavy atom. The average Bonchev–Trinajstić information content (AvgIpc) is 2.79. The molecule has 0 fully saturated rings. The molecule has 0 atom stereocenters. The van der Waals surface area contributed by atoms with E-state index in [1.54, 1.807) is 18.2 Å². The number of hydrogen-bond acceptors (Lipinski definition) is 7. The summed E-state index contributed by atoms with van der Waals surface area (Å²) in [6, 6.07) is 4.94. The number of hydrogen-bond donors (Lipinski definition) is 0. The maximum atomic E-state index is 11.8. The molecule has 2 heterocycles. The van der Waals surface area contributed by atoms with Crippen molar-refractivity contribution in [2.75, 3.05) is 23.8 Å². The molecular weight excluding hydrogens is 328 g/mol. The first-order valence-corrected chi connectivity index (χ1v) is 8.87. The number of benzene rings is 1. The number of amidine groups is 1. The van der Waals surface area contributed by atoms with Crippen LogP contribution >= 0.6 is 11.8 Å². The van der Waals surface area contributed by atoms with Gasteiger partial charge in [0.1, 0.15) is 6.61 Å². The summed E-state index contributed by atoms with van der Waals surface area (Å²) in [4.78, 5) is 25.2. The minimum atomic E-state index is -3.40. The number of Topliss-reactive ketones (excluding diaryl/α,β-unsaturated/α-hetero) is 1. The Balaban J connectivity index is 1.86. The number of esters is 1. The second kappa shape index (κ2) is 5.40. The molecule has 1 aromatic carbocycles. The van der Waals surface area contributed by atoms with Crippen molar-refractivity contribution >= 4 is 44.4 Å². The average molecular weight is 340 g/mol. The van der Waals surface area contributed by atoms with Crippen molar-refractivity contribution in [1.29, 1.82) is 0 Å². The molecule has 9 heteroatoms. The first-order chi connectivity index (χ1) is 10.4. The lowest BCUT2D eigenvalue weighted by Gasteiger charge is -2.22.